The molecular weight excluding hydrogens is 437 g/mol. The quantitative estimate of drug-likeness (QED) is 0.255. The molecule has 5 atom stereocenters. The topological polar surface area (TPSA) is 121 Å². The maximum atomic E-state index is 11.8. The van der Waals surface area contributed by atoms with Crippen LogP contribution < -0.4 is 0 Å². The summed E-state index contributed by atoms with van der Waals surface area (Å²) in [6.45, 7) is 10.6. The van der Waals surface area contributed by atoms with Crippen LogP contribution in [0.3, 0.4) is 0 Å². The van der Waals surface area contributed by atoms with Crippen LogP contribution in [0.4, 0.5) is 0 Å². The molecule has 11 nitrogen and oxygen atoms in total. The highest BCUT2D eigenvalue weighted by molar-refractivity contribution is 7.44. The van der Waals surface area contributed by atoms with E-state index >= 15 is 0 Å². The molecule has 1 fully saturated rings. The van der Waals surface area contributed by atoms with Crippen molar-refractivity contribution in [3.8, 4) is 6.07 Å². The molecule has 0 bridgehead atoms. The largest absolute Gasteiger partial charge is 0.463 e. The highest BCUT2D eigenvalue weighted by Gasteiger charge is 2.49. The highest BCUT2D eigenvalue weighted by atomic mass is 31.2. The molecule has 0 amide bonds. The number of carbonyl (C=O) groups excluding carboxylic acids is 1. The van der Waals surface area contributed by atoms with Crippen molar-refractivity contribution < 1.29 is 28.1 Å². The van der Waals surface area contributed by atoms with E-state index in [0.717, 1.165) is 0 Å². The zero-order chi connectivity index (χ0) is 23.8. The fraction of sp³-hybridized carbons (Fsp3) is 0.800. The third kappa shape index (κ3) is 6.22. The van der Waals surface area contributed by atoms with Crippen LogP contribution in [0.25, 0.3) is 0 Å². The molecule has 0 saturated carbocycles. The first-order chi connectivity index (χ1) is 15.3. The maximum Gasteiger partial charge on any atom is 0.377 e. The number of hydrogen-bond donors (Lipinski definition) is 0. The number of methoxy groups -OCH3 is 2. The van der Waals surface area contributed by atoms with Crippen molar-refractivity contribution in [2.24, 2.45) is 0 Å². The van der Waals surface area contributed by atoms with Crippen molar-refractivity contribution in [2.45, 2.75) is 84.1 Å². The summed E-state index contributed by atoms with van der Waals surface area (Å²) in [6.07, 6.45) is 0.468. The first kappa shape index (κ1) is 26.6. The summed E-state index contributed by atoms with van der Waals surface area (Å²) in [5.41, 5.74) is 0. The van der Waals surface area contributed by atoms with Crippen LogP contribution in [0.15, 0.2) is 6.33 Å². The molecule has 1 aliphatic rings. The van der Waals surface area contributed by atoms with E-state index in [9.17, 15) is 4.79 Å². The number of esters is 1. The molecule has 0 aliphatic carbocycles. The van der Waals surface area contributed by atoms with Gasteiger partial charge in [0.15, 0.2) is 6.23 Å². The SMILES string of the molecule is CC[C@H]1O[C@@H](n2cnc(C(=O)OC)n2)[C@H](OC)[C@@H]1OP(OCCC#N)N(C(C)C)C(C)C. The van der Waals surface area contributed by atoms with Gasteiger partial charge >= 0.3 is 5.97 Å². The van der Waals surface area contributed by atoms with Crippen LogP contribution in [0.2, 0.25) is 0 Å². The lowest BCUT2D eigenvalue weighted by atomic mass is 10.1. The second-order valence-corrected chi connectivity index (χ2v) is 9.24. The lowest BCUT2D eigenvalue weighted by molar-refractivity contribution is -0.0583. The minimum Gasteiger partial charge on any atom is -0.463 e. The Morgan fingerprint density at radius 2 is 2.00 bits per heavy atom. The predicted octanol–water partition coefficient (Wildman–Crippen LogP) is 3.05. The summed E-state index contributed by atoms with van der Waals surface area (Å²) < 4.78 is 32.9. The molecule has 2 rings (SSSR count). The van der Waals surface area contributed by atoms with Crippen molar-refractivity contribution in [3.05, 3.63) is 12.2 Å². The van der Waals surface area contributed by atoms with Gasteiger partial charge in [0, 0.05) is 19.2 Å². The van der Waals surface area contributed by atoms with Crippen molar-refractivity contribution in [1.29, 1.82) is 5.26 Å². The Balaban J connectivity index is 2.29. The molecule has 0 radical (unpaired) electrons. The normalized spacial score (nSPS) is 24.3. The van der Waals surface area contributed by atoms with E-state index in [0.29, 0.717) is 6.42 Å². The van der Waals surface area contributed by atoms with Crippen LogP contribution in [-0.4, -0.2) is 76.6 Å². The summed E-state index contributed by atoms with van der Waals surface area (Å²) in [4.78, 5) is 15.8. The number of carbonyl (C=O) groups is 1. The number of nitriles is 1. The summed E-state index contributed by atoms with van der Waals surface area (Å²) in [5, 5.41) is 13.1. The van der Waals surface area contributed by atoms with E-state index in [1.165, 1.54) is 18.1 Å². The summed E-state index contributed by atoms with van der Waals surface area (Å²) in [6, 6.07) is 2.44. The van der Waals surface area contributed by atoms with Gasteiger partial charge in [-0.15, -0.1) is 5.10 Å². The second-order valence-electron chi connectivity index (χ2n) is 7.83. The van der Waals surface area contributed by atoms with Gasteiger partial charge < -0.3 is 23.3 Å². The Bertz CT molecular complexity index is 762. The third-order valence-corrected chi connectivity index (χ3v) is 7.10. The first-order valence-corrected chi connectivity index (χ1v) is 11.8. The molecular formula is C20H34N5O6P. The maximum absolute atomic E-state index is 11.8. The van der Waals surface area contributed by atoms with Crippen LogP contribution in [-0.2, 0) is 23.3 Å². The molecule has 1 unspecified atom stereocenters. The van der Waals surface area contributed by atoms with Crippen molar-refractivity contribution in [1.82, 2.24) is 19.4 Å². The smallest absolute Gasteiger partial charge is 0.377 e. The lowest BCUT2D eigenvalue weighted by Crippen LogP contribution is -2.39. The molecule has 180 valence electrons. The predicted molar refractivity (Wildman–Crippen MR) is 116 cm³/mol. The van der Waals surface area contributed by atoms with E-state index in [4.69, 9.17) is 23.8 Å². The van der Waals surface area contributed by atoms with Crippen molar-refractivity contribution in [2.75, 3.05) is 20.8 Å². The van der Waals surface area contributed by atoms with Gasteiger partial charge in [-0.1, -0.05) is 6.92 Å². The number of rotatable bonds is 12. The van der Waals surface area contributed by atoms with Gasteiger partial charge in [-0.05, 0) is 34.1 Å². The summed E-state index contributed by atoms with van der Waals surface area (Å²) in [7, 11) is 1.37. The van der Waals surface area contributed by atoms with Crippen LogP contribution in [0.1, 0.15) is 64.3 Å². The number of ether oxygens (including phenoxy) is 3. The molecule has 1 aliphatic heterocycles. The Kier molecular flexibility index (Phi) is 10.4. The summed E-state index contributed by atoms with van der Waals surface area (Å²) in [5.74, 6) is -0.689. The Labute approximate surface area is 190 Å². The number of nitrogens with zero attached hydrogens (tertiary/aromatic N) is 5. The van der Waals surface area contributed by atoms with Crippen LogP contribution in [0, 0.1) is 11.3 Å². The molecule has 12 heteroatoms. The fourth-order valence-electron chi connectivity index (χ4n) is 3.61. The van der Waals surface area contributed by atoms with Gasteiger partial charge in [0.25, 0.3) is 14.4 Å². The van der Waals surface area contributed by atoms with Crippen LogP contribution >= 0.6 is 8.53 Å². The fourth-order valence-corrected chi connectivity index (χ4v) is 5.38. The zero-order valence-electron chi connectivity index (χ0n) is 19.8. The molecule has 1 aromatic heterocycles. The van der Waals surface area contributed by atoms with Crippen molar-refractivity contribution in [3.63, 3.8) is 0 Å². The molecule has 0 spiro atoms. The first-order valence-electron chi connectivity index (χ1n) is 10.7. The van der Waals surface area contributed by atoms with Crippen LogP contribution in [0.5, 0.6) is 0 Å². The van der Waals surface area contributed by atoms with E-state index in [-0.39, 0.29) is 37.0 Å². The Morgan fingerprint density at radius 3 is 2.53 bits per heavy atom. The van der Waals surface area contributed by atoms with Gasteiger partial charge in [-0.25, -0.2) is 19.1 Å². The molecule has 1 aromatic rings. The lowest BCUT2D eigenvalue weighted by Gasteiger charge is -2.38. The highest BCUT2D eigenvalue weighted by Crippen LogP contribution is 2.50. The van der Waals surface area contributed by atoms with Gasteiger partial charge in [0.05, 0.1) is 32.3 Å². The van der Waals surface area contributed by atoms with E-state index in [1.54, 1.807) is 7.11 Å². The second kappa shape index (κ2) is 12.5. The van der Waals surface area contributed by atoms with E-state index in [1.807, 2.05) is 6.92 Å². The number of aromatic nitrogens is 3. The van der Waals surface area contributed by atoms with Gasteiger partial charge in [0.2, 0.25) is 0 Å². The summed E-state index contributed by atoms with van der Waals surface area (Å²) >= 11 is 0. The molecule has 32 heavy (non-hydrogen) atoms. The van der Waals surface area contributed by atoms with Gasteiger partial charge in [-0.3, -0.25) is 0 Å². The average molecular weight is 471 g/mol. The minimum absolute atomic E-state index is 0.0590. The van der Waals surface area contributed by atoms with Gasteiger partial charge in [0.1, 0.15) is 18.5 Å². The standard InChI is InChI=1S/C20H34N5O6P/c1-8-15-16(31-32(29-11-9-10-21)25(13(2)3)14(4)5)17(27-6)19(30-15)24-12-22-18(23-24)20(26)28-7/h12-17,19H,8-9,11H2,1-7H3/t15-,16-,17-,19-,32?/m1/s1. The van der Waals surface area contributed by atoms with Gasteiger partial charge in [-0.2, -0.15) is 5.26 Å². The minimum atomic E-state index is -1.48. The molecule has 0 N–H and O–H groups in total. The van der Waals surface area contributed by atoms with Crippen molar-refractivity contribution >= 4 is 14.5 Å². The van der Waals surface area contributed by atoms with E-state index < -0.39 is 32.9 Å². The number of hydrogen-bond acceptors (Lipinski definition) is 10. The molecule has 1 saturated heterocycles. The average Bonchev–Trinajstić information content (AvgIpc) is 3.37. The molecule has 2 heterocycles. The Hall–Kier alpha value is -1.67. The third-order valence-electron chi connectivity index (χ3n) is 4.97. The molecule has 0 aromatic carbocycles. The Morgan fingerprint density at radius 1 is 1.31 bits per heavy atom. The zero-order valence-corrected chi connectivity index (χ0v) is 20.7. The monoisotopic (exact) mass is 471 g/mol. The van der Waals surface area contributed by atoms with E-state index in [2.05, 4.69) is 53.3 Å².